The van der Waals surface area contributed by atoms with Crippen LogP contribution in [0.4, 0.5) is 0 Å². The van der Waals surface area contributed by atoms with E-state index in [1.807, 2.05) is 24.3 Å². The van der Waals surface area contributed by atoms with Gasteiger partial charge in [-0.2, -0.15) is 0 Å². The molecule has 0 saturated carbocycles. The van der Waals surface area contributed by atoms with Gasteiger partial charge in [-0.3, -0.25) is 4.79 Å². The summed E-state index contributed by atoms with van der Waals surface area (Å²) in [6.07, 6.45) is 2.45. The lowest BCUT2D eigenvalue weighted by atomic mass is 9.90. The molecular weight excluding hydrogens is 332 g/mol. The van der Waals surface area contributed by atoms with E-state index >= 15 is 0 Å². The normalized spacial score (nSPS) is 17.5. The number of fused-ring (bicyclic) bond motifs is 1. The van der Waals surface area contributed by atoms with E-state index in [-0.39, 0.29) is 5.78 Å². The standard InChI is InChI=1S/C24H24N2O/c1-16(21-8-5-15-25-21)24-20-6-3-4-7-22(20)26-23(24)14-11-18-9-12-19(13-10-18)17(2)27/h3-4,6-7,9-10,12-13,16,21,25-26H,5,8,15H2,1-2H3. The summed E-state index contributed by atoms with van der Waals surface area (Å²) in [6, 6.07) is 16.4. The van der Waals surface area contributed by atoms with Crippen molar-refractivity contribution in [2.24, 2.45) is 0 Å². The Morgan fingerprint density at radius 2 is 1.89 bits per heavy atom. The number of para-hydroxylation sites is 1. The first-order chi connectivity index (χ1) is 13.1. The van der Waals surface area contributed by atoms with Crippen molar-refractivity contribution in [3.8, 4) is 11.8 Å². The third-order valence-corrected chi connectivity index (χ3v) is 5.53. The molecule has 0 spiro atoms. The number of aromatic amines is 1. The average molecular weight is 356 g/mol. The molecule has 0 radical (unpaired) electrons. The summed E-state index contributed by atoms with van der Waals surface area (Å²) in [5.74, 6) is 7.09. The fourth-order valence-corrected chi connectivity index (χ4v) is 4.00. The largest absolute Gasteiger partial charge is 0.348 e. The summed E-state index contributed by atoms with van der Waals surface area (Å²) in [5, 5.41) is 4.89. The number of carbonyl (C=O) groups excluding carboxylic acids is 1. The molecule has 1 aromatic heterocycles. The summed E-state index contributed by atoms with van der Waals surface area (Å²) < 4.78 is 0. The Bertz CT molecular complexity index is 1030. The van der Waals surface area contributed by atoms with E-state index < -0.39 is 0 Å². The molecule has 136 valence electrons. The number of hydrogen-bond donors (Lipinski definition) is 2. The average Bonchev–Trinajstić information content (AvgIpc) is 3.34. The van der Waals surface area contributed by atoms with Gasteiger partial charge >= 0.3 is 0 Å². The summed E-state index contributed by atoms with van der Waals surface area (Å²) >= 11 is 0. The maximum Gasteiger partial charge on any atom is 0.159 e. The molecule has 1 aliphatic rings. The Labute approximate surface area is 160 Å². The fourth-order valence-electron chi connectivity index (χ4n) is 4.00. The zero-order valence-corrected chi connectivity index (χ0v) is 15.8. The van der Waals surface area contributed by atoms with Crippen LogP contribution in [0, 0.1) is 11.8 Å². The zero-order chi connectivity index (χ0) is 18.8. The summed E-state index contributed by atoms with van der Waals surface area (Å²) in [7, 11) is 0. The minimum Gasteiger partial charge on any atom is -0.348 e. The number of hydrogen-bond acceptors (Lipinski definition) is 2. The van der Waals surface area contributed by atoms with Crippen molar-refractivity contribution in [3.05, 3.63) is 70.9 Å². The molecule has 27 heavy (non-hydrogen) atoms. The maximum atomic E-state index is 11.4. The molecule has 0 amide bonds. The number of ketones is 1. The molecule has 4 rings (SSSR count). The van der Waals surface area contributed by atoms with E-state index in [1.54, 1.807) is 6.92 Å². The van der Waals surface area contributed by atoms with Crippen LogP contribution in [0.5, 0.6) is 0 Å². The number of aromatic nitrogens is 1. The van der Waals surface area contributed by atoms with E-state index in [9.17, 15) is 4.79 Å². The van der Waals surface area contributed by atoms with E-state index in [0.29, 0.717) is 17.5 Å². The lowest BCUT2D eigenvalue weighted by Crippen LogP contribution is -2.27. The number of carbonyl (C=O) groups is 1. The van der Waals surface area contributed by atoms with Gasteiger partial charge in [0.05, 0.1) is 5.69 Å². The Morgan fingerprint density at radius 1 is 1.11 bits per heavy atom. The van der Waals surface area contributed by atoms with Crippen molar-refractivity contribution >= 4 is 16.7 Å². The second-order valence-corrected chi connectivity index (χ2v) is 7.33. The number of H-pyrrole nitrogens is 1. The third-order valence-electron chi connectivity index (χ3n) is 5.53. The van der Waals surface area contributed by atoms with Gasteiger partial charge in [-0.05, 0) is 61.9 Å². The first kappa shape index (κ1) is 17.6. The van der Waals surface area contributed by atoms with Gasteiger partial charge in [0.15, 0.2) is 5.78 Å². The summed E-state index contributed by atoms with van der Waals surface area (Å²) in [6.45, 7) is 4.97. The lowest BCUT2D eigenvalue weighted by molar-refractivity contribution is 0.101. The van der Waals surface area contributed by atoms with Crippen molar-refractivity contribution < 1.29 is 4.79 Å². The highest BCUT2D eigenvalue weighted by atomic mass is 16.1. The van der Waals surface area contributed by atoms with Gasteiger partial charge < -0.3 is 10.3 Å². The summed E-state index contributed by atoms with van der Waals surface area (Å²) in [5.41, 5.74) is 5.06. The Balaban J connectivity index is 1.73. The molecule has 3 aromatic rings. The second kappa shape index (κ2) is 7.42. The Kier molecular flexibility index (Phi) is 4.83. The number of rotatable bonds is 3. The quantitative estimate of drug-likeness (QED) is 0.531. The van der Waals surface area contributed by atoms with Crippen molar-refractivity contribution in [3.63, 3.8) is 0 Å². The molecule has 3 heteroatoms. The van der Waals surface area contributed by atoms with Crippen LogP contribution < -0.4 is 5.32 Å². The molecule has 2 atom stereocenters. The first-order valence-electron chi connectivity index (χ1n) is 9.60. The van der Waals surface area contributed by atoms with Crippen molar-refractivity contribution in [1.82, 2.24) is 10.3 Å². The van der Waals surface area contributed by atoms with E-state index in [4.69, 9.17) is 0 Å². The van der Waals surface area contributed by atoms with Crippen molar-refractivity contribution in [2.45, 2.75) is 38.6 Å². The van der Waals surface area contributed by atoms with Crippen LogP contribution in [-0.2, 0) is 0 Å². The highest BCUT2D eigenvalue weighted by Gasteiger charge is 2.26. The van der Waals surface area contributed by atoms with Crippen LogP contribution in [0.2, 0.25) is 0 Å². The van der Waals surface area contributed by atoms with Crippen molar-refractivity contribution in [1.29, 1.82) is 0 Å². The van der Waals surface area contributed by atoms with Crippen LogP contribution in [0.25, 0.3) is 10.9 Å². The Morgan fingerprint density at radius 3 is 2.59 bits per heavy atom. The molecule has 1 aliphatic heterocycles. The summed E-state index contributed by atoms with van der Waals surface area (Å²) in [4.78, 5) is 14.9. The van der Waals surface area contributed by atoms with Crippen LogP contribution in [-0.4, -0.2) is 23.4 Å². The SMILES string of the molecule is CC(=O)c1ccc(C#Cc2[nH]c3ccccc3c2C(C)C2CCCN2)cc1. The number of Topliss-reactive ketones (excluding diaryl/α,β-unsaturated/α-hetero) is 1. The van der Waals surface area contributed by atoms with Gasteiger partial charge in [0.25, 0.3) is 0 Å². The predicted octanol–water partition coefficient (Wildman–Crippen LogP) is 4.63. The molecule has 2 N–H and O–H groups in total. The highest BCUT2D eigenvalue weighted by molar-refractivity contribution is 5.94. The molecule has 0 aliphatic carbocycles. The van der Waals surface area contributed by atoms with Crippen molar-refractivity contribution in [2.75, 3.05) is 6.54 Å². The topological polar surface area (TPSA) is 44.9 Å². The van der Waals surface area contributed by atoms with Gasteiger partial charge in [-0.15, -0.1) is 0 Å². The maximum absolute atomic E-state index is 11.4. The molecule has 2 heterocycles. The van der Waals surface area contributed by atoms with Crippen LogP contribution in [0.3, 0.4) is 0 Å². The predicted molar refractivity (Wildman–Crippen MR) is 110 cm³/mol. The molecular formula is C24H24N2O. The molecule has 2 unspecified atom stereocenters. The number of nitrogens with one attached hydrogen (secondary N) is 2. The van der Waals surface area contributed by atoms with Gasteiger partial charge in [0.2, 0.25) is 0 Å². The minimum atomic E-state index is 0.0744. The van der Waals surface area contributed by atoms with Gasteiger partial charge in [0, 0.05) is 28.1 Å². The van der Waals surface area contributed by atoms with Crippen LogP contribution in [0.15, 0.2) is 48.5 Å². The van der Waals surface area contributed by atoms with E-state index in [0.717, 1.165) is 23.3 Å². The van der Waals surface area contributed by atoms with Gasteiger partial charge in [-0.1, -0.05) is 43.2 Å². The highest BCUT2D eigenvalue weighted by Crippen LogP contribution is 2.33. The van der Waals surface area contributed by atoms with Gasteiger partial charge in [-0.25, -0.2) is 0 Å². The minimum absolute atomic E-state index is 0.0744. The molecule has 1 saturated heterocycles. The molecule has 2 aromatic carbocycles. The lowest BCUT2D eigenvalue weighted by Gasteiger charge is -2.19. The number of benzene rings is 2. The zero-order valence-electron chi connectivity index (χ0n) is 15.8. The van der Waals surface area contributed by atoms with E-state index in [2.05, 4.69) is 53.3 Å². The van der Waals surface area contributed by atoms with Crippen LogP contribution >= 0.6 is 0 Å². The molecule has 0 bridgehead atoms. The smallest absolute Gasteiger partial charge is 0.159 e. The van der Waals surface area contributed by atoms with E-state index in [1.165, 1.54) is 23.8 Å². The van der Waals surface area contributed by atoms with Crippen LogP contribution in [0.1, 0.15) is 59.8 Å². The first-order valence-corrected chi connectivity index (χ1v) is 9.60. The van der Waals surface area contributed by atoms with Gasteiger partial charge in [0.1, 0.15) is 0 Å². The molecule has 1 fully saturated rings. The Hall–Kier alpha value is -2.83. The second-order valence-electron chi connectivity index (χ2n) is 7.33. The monoisotopic (exact) mass is 356 g/mol. The molecule has 3 nitrogen and oxygen atoms in total. The fraction of sp³-hybridized carbons (Fsp3) is 0.292. The third kappa shape index (κ3) is 3.54.